The largest absolute Gasteiger partial charge is 0.425 e. The molecule has 0 fully saturated rings. The van der Waals surface area contributed by atoms with E-state index < -0.39 is 0 Å². The van der Waals surface area contributed by atoms with E-state index in [0.29, 0.717) is 42.4 Å². The van der Waals surface area contributed by atoms with Gasteiger partial charge in [-0.1, -0.05) is 11.8 Å². The Balaban J connectivity index is 1.93. The van der Waals surface area contributed by atoms with Crippen molar-refractivity contribution in [3.05, 3.63) is 32.6 Å². The van der Waals surface area contributed by atoms with Gasteiger partial charge < -0.3 is 9.15 Å². The summed E-state index contributed by atoms with van der Waals surface area (Å²) in [6.07, 6.45) is 0.760. The molecule has 0 radical (unpaired) electrons. The Morgan fingerprint density at radius 3 is 2.77 bits per heavy atom. The van der Waals surface area contributed by atoms with Crippen LogP contribution in [0.5, 0.6) is 0 Å². The minimum absolute atomic E-state index is 0.0116. The van der Waals surface area contributed by atoms with Gasteiger partial charge in [0, 0.05) is 31.6 Å². The number of hydrogen-bond donors (Lipinski definition) is 0. The molecule has 0 bridgehead atoms. The lowest BCUT2D eigenvalue weighted by molar-refractivity contribution is 0.140. The van der Waals surface area contributed by atoms with Gasteiger partial charge in [0.1, 0.15) is 4.83 Å². The molecule has 0 spiro atoms. The first kappa shape index (κ1) is 19.1. The van der Waals surface area contributed by atoms with Crippen LogP contribution in [0, 0.1) is 20.8 Å². The van der Waals surface area contributed by atoms with E-state index in [2.05, 4.69) is 10.2 Å². The van der Waals surface area contributed by atoms with E-state index >= 15 is 0 Å². The van der Waals surface area contributed by atoms with Crippen LogP contribution < -0.4 is 5.56 Å². The van der Waals surface area contributed by atoms with Crippen molar-refractivity contribution >= 4 is 33.3 Å². The predicted octanol–water partition coefficient (Wildman–Crippen LogP) is 3.49. The van der Waals surface area contributed by atoms with Gasteiger partial charge in [0.2, 0.25) is 11.8 Å². The highest BCUT2D eigenvalue weighted by molar-refractivity contribution is 7.98. The van der Waals surface area contributed by atoms with Crippen molar-refractivity contribution in [3.8, 4) is 0 Å². The van der Waals surface area contributed by atoms with Gasteiger partial charge in [0.05, 0.1) is 11.1 Å². The molecule has 3 heterocycles. The van der Waals surface area contributed by atoms with Gasteiger partial charge in [-0.05, 0) is 32.8 Å². The smallest absolute Gasteiger partial charge is 0.263 e. The summed E-state index contributed by atoms with van der Waals surface area (Å²) in [4.78, 5) is 19.8. The van der Waals surface area contributed by atoms with Crippen LogP contribution in [0.1, 0.15) is 35.6 Å². The third-order valence-corrected chi connectivity index (χ3v) is 6.08. The van der Waals surface area contributed by atoms with Crippen LogP contribution in [-0.2, 0) is 17.0 Å². The van der Waals surface area contributed by atoms with Gasteiger partial charge in [-0.15, -0.1) is 21.5 Å². The third-order valence-electron chi connectivity index (χ3n) is 4.02. The first-order valence-electron chi connectivity index (χ1n) is 8.51. The second-order valence-electron chi connectivity index (χ2n) is 5.87. The van der Waals surface area contributed by atoms with Crippen molar-refractivity contribution in [3.63, 3.8) is 0 Å². The Kier molecular flexibility index (Phi) is 6.10. The van der Waals surface area contributed by atoms with Crippen LogP contribution in [0.25, 0.3) is 10.2 Å². The second kappa shape index (κ2) is 8.32. The van der Waals surface area contributed by atoms with E-state index in [1.807, 2.05) is 20.8 Å². The molecule has 0 aliphatic heterocycles. The van der Waals surface area contributed by atoms with Gasteiger partial charge in [-0.25, -0.2) is 4.98 Å². The Morgan fingerprint density at radius 1 is 1.27 bits per heavy atom. The molecule has 0 aromatic carbocycles. The first-order valence-corrected chi connectivity index (χ1v) is 10.3. The van der Waals surface area contributed by atoms with Crippen LogP contribution in [0.2, 0.25) is 0 Å². The Labute approximate surface area is 159 Å². The molecule has 0 unspecified atom stereocenters. The first-order chi connectivity index (χ1) is 12.5. The highest BCUT2D eigenvalue weighted by Crippen LogP contribution is 2.29. The SMILES string of the molecule is CCOCCCn1c(SCc2nnc(C)o2)nc2sc(C)c(C)c2c1=O. The number of aryl methyl sites for hydroxylation is 3. The van der Waals surface area contributed by atoms with Crippen molar-refractivity contribution in [1.29, 1.82) is 0 Å². The summed E-state index contributed by atoms with van der Waals surface area (Å²) in [5.74, 6) is 1.54. The Hall–Kier alpha value is -1.71. The third kappa shape index (κ3) is 3.99. The minimum atomic E-state index is 0.0116. The number of thioether (sulfide) groups is 1. The van der Waals surface area contributed by atoms with Gasteiger partial charge in [0.25, 0.3) is 5.56 Å². The van der Waals surface area contributed by atoms with Crippen molar-refractivity contribution in [1.82, 2.24) is 19.7 Å². The van der Waals surface area contributed by atoms with Gasteiger partial charge in [-0.2, -0.15) is 0 Å². The lowest BCUT2D eigenvalue weighted by atomic mass is 10.2. The highest BCUT2D eigenvalue weighted by atomic mass is 32.2. The van der Waals surface area contributed by atoms with Crippen molar-refractivity contribution < 1.29 is 9.15 Å². The molecular weight excluding hydrogens is 372 g/mol. The molecule has 0 amide bonds. The summed E-state index contributed by atoms with van der Waals surface area (Å²) < 4.78 is 12.6. The van der Waals surface area contributed by atoms with E-state index in [4.69, 9.17) is 14.1 Å². The zero-order valence-corrected chi connectivity index (χ0v) is 17.0. The van der Waals surface area contributed by atoms with Crippen LogP contribution >= 0.6 is 23.1 Å². The number of aromatic nitrogens is 4. The molecule has 0 atom stereocenters. The molecule has 140 valence electrons. The lowest BCUT2D eigenvalue weighted by Crippen LogP contribution is -2.24. The molecular formula is C17H22N4O3S2. The molecule has 26 heavy (non-hydrogen) atoms. The average molecular weight is 395 g/mol. The number of fused-ring (bicyclic) bond motifs is 1. The molecule has 7 nitrogen and oxygen atoms in total. The molecule has 0 N–H and O–H groups in total. The van der Waals surface area contributed by atoms with Gasteiger partial charge in [-0.3, -0.25) is 9.36 Å². The van der Waals surface area contributed by atoms with Crippen LogP contribution in [0.15, 0.2) is 14.4 Å². The minimum Gasteiger partial charge on any atom is -0.425 e. The molecule has 0 saturated carbocycles. The van der Waals surface area contributed by atoms with Crippen LogP contribution in [0.4, 0.5) is 0 Å². The summed E-state index contributed by atoms with van der Waals surface area (Å²) in [6, 6.07) is 0. The maximum atomic E-state index is 13.1. The van der Waals surface area contributed by atoms with E-state index in [9.17, 15) is 4.79 Å². The summed E-state index contributed by atoms with van der Waals surface area (Å²) in [6.45, 7) is 9.59. The second-order valence-corrected chi connectivity index (χ2v) is 8.01. The molecule has 3 aromatic rings. The zero-order chi connectivity index (χ0) is 18.7. The number of hydrogen-bond acceptors (Lipinski definition) is 8. The zero-order valence-electron chi connectivity index (χ0n) is 15.4. The van der Waals surface area contributed by atoms with E-state index in [-0.39, 0.29) is 5.56 Å². The molecule has 9 heteroatoms. The molecule has 3 rings (SSSR count). The average Bonchev–Trinajstić information content (AvgIpc) is 3.15. The summed E-state index contributed by atoms with van der Waals surface area (Å²) in [5.41, 5.74) is 1.03. The van der Waals surface area contributed by atoms with E-state index in [0.717, 1.165) is 27.1 Å². The van der Waals surface area contributed by atoms with E-state index in [1.165, 1.54) is 11.8 Å². The molecule has 0 saturated heterocycles. The normalized spacial score (nSPS) is 11.5. The fraction of sp³-hybridized carbons (Fsp3) is 0.529. The fourth-order valence-corrected chi connectivity index (χ4v) is 4.54. The predicted molar refractivity (Wildman–Crippen MR) is 103 cm³/mol. The number of thiophene rings is 1. The number of rotatable bonds is 8. The topological polar surface area (TPSA) is 83.0 Å². The van der Waals surface area contributed by atoms with Crippen LogP contribution in [0.3, 0.4) is 0 Å². The van der Waals surface area contributed by atoms with E-state index in [1.54, 1.807) is 22.8 Å². The lowest BCUT2D eigenvalue weighted by Gasteiger charge is -2.11. The van der Waals surface area contributed by atoms with Crippen molar-refractivity contribution in [2.45, 2.75) is 51.6 Å². The van der Waals surface area contributed by atoms with Gasteiger partial charge >= 0.3 is 0 Å². The molecule has 3 aromatic heterocycles. The molecule has 0 aliphatic carbocycles. The summed E-state index contributed by atoms with van der Waals surface area (Å²) in [7, 11) is 0. The Morgan fingerprint density at radius 2 is 2.08 bits per heavy atom. The maximum Gasteiger partial charge on any atom is 0.263 e. The maximum absolute atomic E-state index is 13.1. The quantitative estimate of drug-likeness (QED) is 0.328. The molecule has 0 aliphatic rings. The van der Waals surface area contributed by atoms with Gasteiger partial charge in [0.15, 0.2) is 5.16 Å². The monoisotopic (exact) mass is 394 g/mol. The van der Waals surface area contributed by atoms with Crippen LogP contribution in [-0.4, -0.2) is 33.0 Å². The fourth-order valence-electron chi connectivity index (χ4n) is 2.61. The summed E-state index contributed by atoms with van der Waals surface area (Å²) >= 11 is 3.00. The number of ether oxygens (including phenoxy) is 1. The summed E-state index contributed by atoms with van der Waals surface area (Å²) in [5, 5.41) is 9.25. The number of nitrogens with zero attached hydrogens (tertiary/aromatic N) is 4. The van der Waals surface area contributed by atoms with Crippen molar-refractivity contribution in [2.24, 2.45) is 0 Å². The Bertz CT molecular complexity index is 961. The highest BCUT2D eigenvalue weighted by Gasteiger charge is 2.17. The van der Waals surface area contributed by atoms with Crippen molar-refractivity contribution in [2.75, 3.05) is 13.2 Å². The standard InChI is InChI=1S/C17H22N4O3S2/c1-5-23-8-6-7-21-16(22)14-10(2)11(3)26-15(14)18-17(21)25-9-13-20-19-12(4)24-13/h5-9H2,1-4H3.